The van der Waals surface area contributed by atoms with Crippen LogP contribution in [0.3, 0.4) is 0 Å². The number of nitrogens with zero attached hydrogens (tertiary/aromatic N) is 2. The molecular weight excluding hydrogens is 316 g/mol. The molecule has 0 saturated carbocycles. The van der Waals surface area contributed by atoms with E-state index in [-0.39, 0.29) is 22.8 Å². The van der Waals surface area contributed by atoms with Crippen molar-refractivity contribution in [3.63, 3.8) is 0 Å². The summed E-state index contributed by atoms with van der Waals surface area (Å²) in [7, 11) is -2.90. The Morgan fingerprint density at radius 1 is 1.25 bits per heavy atom. The molecule has 0 radical (unpaired) electrons. The summed E-state index contributed by atoms with van der Waals surface area (Å²) in [6, 6.07) is 7.55. The number of thioether (sulfide) groups is 1. The van der Waals surface area contributed by atoms with Crippen LogP contribution in [-0.2, 0) is 9.84 Å². The zero-order valence-electron chi connectivity index (χ0n) is 10.4. The van der Waals surface area contributed by atoms with Gasteiger partial charge in [0.25, 0.3) is 0 Å². The molecule has 0 bridgehead atoms. The summed E-state index contributed by atoms with van der Waals surface area (Å²) < 4.78 is 25.4. The Bertz CT molecular complexity index is 783. The van der Waals surface area contributed by atoms with Crippen LogP contribution in [0, 0.1) is 0 Å². The van der Waals surface area contributed by atoms with Crippen LogP contribution in [0.4, 0.5) is 0 Å². The van der Waals surface area contributed by atoms with Gasteiger partial charge in [-0.25, -0.2) is 13.4 Å². The Labute approximate surface area is 126 Å². The first-order valence-electron chi connectivity index (χ1n) is 6.24. The van der Waals surface area contributed by atoms with Gasteiger partial charge in [0.2, 0.25) is 0 Å². The summed E-state index contributed by atoms with van der Waals surface area (Å²) in [6.07, 6.45) is 1.96. The quantitative estimate of drug-likeness (QED) is 0.808. The van der Waals surface area contributed by atoms with E-state index in [4.69, 9.17) is 11.6 Å². The number of fused-ring (bicyclic) bond motifs is 3. The molecule has 7 heteroatoms. The van der Waals surface area contributed by atoms with E-state index in [9.17, 15) is 8.42 Å². The highest BCUT2D eigenvalue weighted by atomic mass is 35.5. The SMILES string of the molecule is O=S1(=O)CC2Sc3nc(-c4ccc(Cl)cc4)cn3C2C1. The summed E-state index contributed by atoms with van der Waals surface area (Å²) in [4.78, 5) is 4.61. The van der Waals surface area contributed by atoms with Gasteiger partial charge in [0.15, 0.2) is 15.0 Å². The molecule has 1 fully saturated rings. The molecule has 0 aliphatic carbocycles. The first-order valence-corrected chi connectivity index (χ1v) is 9.32. The zero-order chi connectivity index (χ0) is 13.9. The van der Waals surface area contributed by atoms with Gasteiger partial charge in [0.1, 0.15) is 0 Å². The fourth-order valence-electron chi connectivity index (χ4n) is 2.77. The first kappa shape index (κ1) is 12.7. The van der Waals surface area contributed by atoms with Crippen molar-refractivity contribution < 1.29 is 8.42 Å². The van der Waals surface area contributed by atoms with Gasteiger partial charge in [-0.15, -0.1) is 0 Å². The van der Waals surface area contributed by atoms with Crippen molar-refractivity contribution in [1.29, 1.82) is 0 Å². The monoisotopic (exact) mass is 326 g/mol. The predicted octanol–water partition coefficient (Wildman–Crippen LogP) is 2.65. The van der Waals surface area contributed by atoms with Gasteiger partial charge in [-0.1, -0.05) is 35.5 Å². The van der Waals surface area contributed by atoms with E-state index in [1.54, 1.807) is 11.8 Å². The third-order valence-corrected chi connectivity index (χ3v) is 7.20. The zero-order valence-corrected chi connectivity index (χ0v) is 12.7. The molecule has 1 aromatic heterocycles. The largest absolute Gasteiger partial charge is 0.320 e. The molecule has 20 heavy (non-hydrogen) atoms. The molecule has 0 N–H and O–H groups in total. The summed E-state index contributed by atoms with van der Waals surface area (Å²) >= 11 is 7.46. The standard InChI is InChI=1S/C13H11ClN2O2S2/c14-9-3-1-8(2-4-9)10-5-16-11-6-20(17,18)7-12(11)19-13(16)15-10/h1-5,11-12H,6-7H2. The molecule has 1 saturated heterocycles. The van der Waals surface area contributed by atoms with Gasteiger partial charge in [-0.3, -0.25) is 0 Å². The predicted molar refractivity (Wildman–Crippen MR) is 80.0 cm³/mol. The number of halogens is 1. The maximum Gasteiger partial charge on any atom is 0.169 e. The van der Waals surface area contributed by atoms with Crippen LogP contribution in [0.5, 0.6) is 0 Å². The minimum Gasteiger partial charge on any atom is -0.320 e. The molecule has 2 aliphatic rings. The highest BCUT2D eigenvalue weighted by molar-refractivity contribution is 8.02. The lowest BCUT2D eigenvalue weighted by Crippen LogP contribution is -2.11. The van der Waals surface area contributed by atoms with Gasteiger partial charge in [0, 0.05) is 22.0 Å². The van der Waals surface area contributed by atoms with E-state index in [1.165, 1.54) is 0 Å². The molecular formula is C13H11ClN2O2S2. The fourth-order valence-corrected chi connectivity index (χ4v) is 6.80. The molecule has 1 aromatic carbocycles. The van der Waals surface area contributed by atoms with Gasteiger partial charge < -0.3 is 4.57 Å². The normalized spacial score (nSPS) is 26.4. The molecule has 4 nitrogen and oxygen atoms in total. The minimum absolute atomic E-state index is 0.0357. The second kappa shape index (κ2) is 4.26. The Morgan fingerprint density at radius 2 is 2.00 bits per heavy atom. The summed E-state index contributed by atoms with van der Waals surface area (Å²) in [5, 5.41) is 1.73. The van der Waals surface area contributed by atoms with Gasteiger partial charge in [-0.05, 0) is 12.1 Å². The number of hydrogen-bond donors (Lipinski definition) is 0. The number of benzene rings is 1. The molecule has 2 unspecified atom stereocenters. The molecule has 104 valence electrons. The number of hydrogen-bond acceptors (Lipinski definition) is 4. The summed E-state index contributed by atoms with van der Waals surface area (Å²) in [5.41, 5.74) is 1.86. The Balaban J connectivity index is 1.72. The van der Waals surface area contributed by atoms with Crippen molar-refractivity contribution in [3.05, 3.63) is 35.5 Å². The molecule has 0 amide bonds. The summed E-state index contributed by atoms with van der Waals surface area (Å²) in [6.45, 7) is 0. The van der Waals surface area contributed by atoms with Crippen LogP contribution in [0.15, 0.2) is 35.6 Å². The van der Waals surface area contributed by atoms with E-state index in [0.29, 0.717) is 5.02 Å². The number of aromatic nitrogens is 2. The Kier molecular flexibility index (Phi) is 2.71. The Morgan fingerprint density at radius 3 is 2.75 bits per heavy atom. The fraction of sp³-hybridized carbons (Fsp3) is 0.308. The van der Waals surface area contributed by atoms with Crippen molar-refractivity contribution in [2.45, 2.75) is 16.4 Å². The van der Waals surface area contributed by atoms with Gasteiger partial charge in [-0.2, -0.15) is 0 Å². The van der Waals surface area contributed by atoms with Gasteiger partial charge in [0.05, 0.1) is 23.2 Å². The average Bonchev–Trinajstić information content (AvgIpc) is 2.98. The van der Waals surface area contributed by atoms with E-state index < -0.39 is 9.84 Å². The van der Waals surface area contributed by atoms with Crippen LogP contribution in [0.25, 0.3) is 11.3 Å². The van der Waals surface area contributed by atoms with E-state index in [0.717, 1.165) is 16.4 Å². The molecule has 2 aliphatic heterocycles. The van der Waals surface area contributed by atoms with Crippen LogP contribution in [0.2, 0.25) is 5.02 Å². The highest BCUT2D eigenvalue weighted by Crippen LogP contribution is 2.45. The summed E-state index contributed by atoms with van der Waals surface area (Å²) in [5.74, 6) is 0.496. The molecule has 2 atom stereocenters. The topological polar surface area (TPSA) is 52.0 Å². The molecule has 0 spiro atoms. The third kappa shape index (κ3) is 1.98. The third-order valence-electron chi connectivity index (χ3n) is 3.72. The van der Waals surface area contributed by atoms with Crippen molar-refractivity contribution in [2.75, 3.05) is 11.5 Å². The minimum atomic E-state index is -2.90. The van der Waals surface area contributed by atoms with Gasteiger partial charge >= 0.3 is 0 Å². The number of sulfone groups is 1. The first-order chi connectivity index (χ1) is 9.52. The molecule has 3 heterocycles. The molecule has 2 aromatic rings. The van der Waals surface area contributed by atoms with Crippen LogP contribution < -0.4 is 0 Å². The van der Waals surface area contributed by atoms with Crippen LogP contribution in [0.1, 0.15) is 6.04 Å². The highest BCUT2D eigenvalue weighted by Gasteiger charge is 2.45. The lowest BCUT2D eigenvalue weighted by atomic mass is 10.2. The maximum atomic E-state index is 11.7. The lowest BCUT2D eigenvalue weighted by Gasteiger charge is -2.07. The lowest BCUT2D eigenvalue weighted by molar-refractivity contribution is 0.550. The van der Waals surface area contributed by atoms with Crippen LogP contribution in [-0.4, -0.2) is 34.7 Å². The van der Waals surface area contributed by atoms with Crippen LogP contribution >= 0.6 is 23.4 Å². The maximum absolute atomic E-state index is 11.7. The van der Waals surface area contributed by atoms with Crippen molar-refractivity contribution in [2.24, 2.45) is 0 Å². The van der Waals surface area contributed by atoms with Crippen molar-refractivity contribution in [1.82, 2.24) is 9.55 Å². The number of imidazole rings is 1. The smallest absolute Gasteiger partial charge is 0.169 e. The second-order valence-electron chi connectivity index (χ2n) is 5.12. The average molecular weight is 327 g/mol. The van der Waals surface area contributed by atoms with E-state index in [1.807, 2.05) is 35.0 Å². The molecule has 4 rings (SSSR count). The van der Waals surface area contributed by atoms with E-state index in [2.05, 4.69) is 4.98 Å². The van der Waals surface area contributed by atoms with Crippen molar-refractivity contribution in [3.8, 4) is 11.3 Å². The Hall–Kier alpha value is -0.980. The van der Waals surface area contributed by atoms with E-state index >= 15 is 0 Å². The second-order valence-corrected chi connectivity index (χ2v) is 8.92. The number of rotatable bonds is 1. The van der Waals surface area contributed by atoms with Crippen molar-refractivity contribution >= 4 is 33.2 Å².